The summed E-state index contributed by atoms with van der Waals surface area (Å²) in [6.45, 7) is 5.33. The van der Waals surface area contributed by atoms with Crippen LogP contribution in [-0.4, -0.2) is 87.7 Å². The van der Waals surface area contributed by atoms with E-state index >= 15 is 0 Å². The Morgan fingerprint density at radius 2 is 1.76 bits per heavy atom. The monoisotopic (exact) mass is 560 g/mol. The average molecular weight is 561 g/mol. The van der Waals surface area contributed by atoms with E-state index in [9.17, 15) is 18.0 Å². The molecular weight excluding hydrogens is 528 g/mol. The SMILES string of the molecule is CCOc1ccc2c(c1)sc(=NC(=O)CS(=O)(=O)CC(=O)N1CCN(c3ccccc3)CC1)n2CCOC. The third-order valence-corrected chi connectivity index (χ3v) is 8.56. The molecule has 12 heteroatoms. The number of hydrogen-bond acceptors (Lipinski definition) is 8. The number of hydrogen-bond donors (Lipinski definition) is 0. The minimum atomic E-state index is -3.99. The van der Waals surface area contributed by atoms with Crippen LogP contribution in [0.5, 0.6) is 5.75 Å². The number of benzene rings is 2. The molecule has 3 aromatic rings. The third-order valence-electron chi connectivity index (χ3n) is 6.15. The van der Waals surface area contributed by atoms with Crippen molar-refractivity contribution in [3.05, 3.63) is 53.3 Å². The van der Waals surface area contributed by atoms with Gasteiger partial charge in [-0.05, 0) is 37.3 Å². The average Bonchev–Trinajstić information content (AvgIpc) is 3.23. The second-order valence-electron chi connectivity index (χ2n) is 8.83. The number of piperazine rings is 1. The number of amides is 2. The Hall–Kier alpha value is -3.22. The fourth-order valence-corrected chi connectivity index (χ4v) is 6.51. The molecular formula is C26H32N4O6S2. The number of rotatable bonds is 10. The highest BCUT2D eigenvalue weighted by Crippen LogP contribution is 2.23. The molecule has 0 atom stereocenters. The van der Waals surface area contributed by atoms with E-state index in [1.165, 1.54) is 11.3 Å². The van der Waals surface area contributed by atoms with Gasteiger partial charge in [-0.2, -0.15) is 4.99 Å². The molecule has 0 bridgehead atoms. The molecule has 0 unspecified atom stereocenters. The highest BCUT2D eigenvalue weighted by Gasteiger charge is 2.27. The first-order chi connectivity index (χ1) is 18.3. The molecule has 2 heterocycles. The van der Waals surface area contributed by atoms with Crippen molar-refractivity contribution < 1.29 is 27.5 Å². The smallest absolute Gasteiger partial charge is 0.263 e. The molecule has 1 aliphatic rings. The number of para-hydroxylation sites is 1. The van der Waals surface area contributed by atoms with Gasteiger partial charge in [-0.25, -0.2) is 8.42 Å². The van der Waals surface area contributed by atoms with Crippen LogP contribution >= 0.6 is 11.3 Å². The van der Waals surface area contributed by atoms with Crippen LogP contribution in [0.2, 0.25) is 0 Å². The Balaban J connectivity index is 1.42. The lowest BCUT2D eigenvalue weighted by atomic mass is 10.2. The van der Waals surface area contributed by atoms with Crippen molar-refractivity contribution in [3.63, 3.8) is 0 Å². The molecule has 0 N–H and O–H groups in total. The van der Waals surface area contributed by atoms with Crippen LogP contribution in [0.15, 0.2) is 53.5 Å². The molecule has 38 heavy (non-hydrogen) atoms. The van der Waals surface area contributed by atoms with E-state index in [0.29, 0.717) is 56.5 Å². The Morgan fingerprint density at radius 3 is 2.45 bits per heavy atom. The van der Waals surface area contributed by atoms with E-state index < -0.39 is 33.2 Å². The molecule has 1 aliphatic heterocycles. The molecule has 10 nitrogen and oxygen atoms in total. The highest BCUT2D eigenvalue weighted by molar-refractivity contribution is 7.92. The summed E-state index contributed by atoms with van der Waals surface area (Å²) < 4.78 is 38.9. The molecule has 1 aromatic heterocycles. The third kappa shape index (κ3) is 7.00. The van der Waals surface area contributed by atoms with Crippen molar-refractivity contribution in [1.82, 2.24) is 9.47 Å². The van der Waals surface area contributed by atoms with Gasteiger partial charge in [0.25, 0.3) is 5.91 Å². The Kier molecular flexibility index (Phi) is 9.18. The summed E-state index contributed by atoms with van der Waals surface area (Å²) in [4.78, 5) is 33.6. The Bertz CT molecular complexity index is 1440. The van der Waals surface area contributed by atoms with Crippen LogP contribution in [0.4, 0.5) is 5.69 Å². The maximum atomic E-state index is 12.7. The predicted octanol–water partition coefficient (Wildman–Crippen LogP) is 1.94. The first-order valence-corrected chi connectivity index (χ1v) is 15.0. The van der Waals surface area contributed by atoms with Gasteiger partial charge in [0.1, 0.15) is 17.3 Å². The molecule has 2 amide bonds. The minimum absolute atomic E-state index is 0.370. The molecule has 1 saturated heterocycles. The normalized spacial score (nSPS) is 14.7. The van der Waals surface area contributed by atoms with Gasteiger partial charge in [-0.1, -0.05) is 29.5 Å². The first-order valence-electron chi connectivity index (χ1n) is 12.4. The number of carbonyl (C=O) groups is 2. The summed E-state index contributed by atoms with van der Waals surface area (Å²) in [7, 11) is -2.41. The van der Waals surface area contributed by atoms with Gasteiger partial charge < -0.3 is 23.8 Å². The number of fused-ring (bicyclic) bond motifs is 1. The van der Waals surface area contributed by atoms with E-state index in [2.05, 4.69) is 9.89 Å². The number of anilines is 1. The van der Waals surface area contributed by atoms with E-state index in [1.807, 2.05) is 60.0 Å². The van der Waals surface area contributed by atoms with Crippen LogP contribution in [0.3, 0.4) is 0 Å². The van der Waals surface area contributed by atoms with E-state index in [1.54, 1.807) is 12.0 Å². The first kappa shape index (κ1) is 27.8. The lowest BCUT2D eigenvalue weighted by molar-refractivity contribution is -0.128. The summed E-state index contributed by atoms with van der Waals surface area (Å²) in [5.41, 5.74) is 1.91. The van der Waals surface area contributed by atoms with Crippen LogP contribution in [0, 0.1) is 0 Å². The maximum Gasteiger partial charge on any atom is 0.263 e. The van der Waals surface area contributed by atoms with Gasteiger partial charge in [0.05, 0.1) is 23.4 Å². The van der Waals surface area contributed by atoms with Crippen molar-refractivity contribution in [2.45, 2.75) is 13.5 Å². The number of thiazole rings is 1. The van der Waals surface area contributed by atoms with Gasteiger partial charge >= 0.3 is 0 Å². The molecule has 0 aliphatic carbocycles. The van der Waals surface area contributed by atoms with Crippen LogP contribution in [0.25, 0.3) is 10.2 Å². The number of carbonyl (C=O) groups excluding carboxylic acids is 2. The summed E-state index contributed by atoms with van der Waals surface area (Å²) in [6, 6.07) is 15.4. The molecule has 0 radical (unpaired) electrons. The quantitative estimate of drug-likeness (QED) is 0.373. The minimum Gasteiger partial charge on any atom is -0.494 e. The topological polar surface area (TPSA) is 111 Å². The number of nitrogens with zero attached hydrogens (tertiary/aromatic N) is 4. The zero-order valence-corrected chi connectivity index (χ0v) is 23.2. The van der Waals surface area contributed by atoms with Crippen molar-refractivity contribution in [2.75, 3.05) is 62.9 Å². The summed E-state index contributed by atoms with van der Waals surface area (Å²) in [6.07, 6.45) is 0. The lowest BCUT2D eigenvalue weighted by Gasteiger charge is -2.36. The lowest BCUT2D eigenvalue weighted by Crippen LogP contribution is -2.50. The van der Waals surface area contributed by atoms with E-state index in [4.69, 9.17) is 9.47 Å². The standard InChI is InChI=1S/C26H32N4O6S2/c1-3-36-21-9-10-22-23(17-21)37-26(30(22)15-16-35-2)27-24(31)18-38(33,34)19-25(32)29-13-11-28(12-14-29)20-7-5-4-6-8-20/h4-10,17H,3,11-16,18-19H2,1-2H3. The molecule has 204 valence electrons. The van der Waals surface area contributed by atoms with Crippen molar-refractivity contribution in [2.24, 2.45) is 4.99 Å². The largest absolute Gasteiger partial charge is 0.494 e. The second-order valence-corrected chi connectivity index (χ2v) is 11.9. The summed E-state index contributed by atoms with van der Waals surface area (Å²) in [5, 5.41) is 0. The highest BCUT2D eigenvalue weighted by atomic mass is 32.2. The van der Waals surface area contributed by atoms with Crippen molar-refractivity contribution >= 4 is 48.9 Å². The summed E-state index contributed by atoms with van der Waals surface area (Å²) >= 11 is 1.27. The van der Waals surface area contributed by atoms with Crippen LogP contribution in [0.1, 0.15) is 6.92 Å². The molecule has 2 aromatic carbocycles. The number of ether oxygens (including phenoxy) is 2. The van der Waals surface area contributed by atoms with Gasteiger partial charge in [0.15, 0.2) is 14.6 Å². The Morgan fingerprint density at radius 1 is 1.03 bits per heavy atom. The van der Waals surface area contributed by atoms with Crippen LogP contribution in [-0.2, 0) is 30.7 Å². The molecule has 0 spiro atoms. The molecule has 0 saturated carbocycles. The number of aromatic nitrogens is 1. The maximum absolute atomic E-state index is 12.7. The fourth-order valence-electron chi connectivity index (χ4n) is 4.30. The second kappa shape index (κ2) is 12.5. The zero-order valence-electron chi connectivity index (χ0n) is 21.5. The Labute approximate surface area is 226 Å². The predicted molar refractivity (Wildman–Crippen MR) is 147 cm³/mol. The van der Waals surface area contributed by atoms with Gasteiger partial charge in [-0.15, -0.1) is 0 Å². The number of methoxy groups -OCH3 is 1. The summed E-state index contributed by atoms with van der Waals surface area (Å²) in [5.74, 6) is -2.15. The van der Waals surface area contributed by atoms with Crippen molar-refractivity contribution in [3.8, 4) is 5.75 Å². The van der Waals surface area contributed by atoms with Gasteiger partial charge in [0.2, 0.25) is 5.91 Å². The van der Waals surface area contributed by atoms with E-state index in [-0.39, 0.29) is 0 Å². The number of sulfone groups is 1. The van der Waals surface area contributed by atoms with E-state index in [0.717, 1.165) is 15.9 Å². The van der Waals surface area contributed by atoms with Crippen LogP contribution < -0.4 is 14.4 Å². The van der Waals surface area contributed by atoms with Gasteiger partial charge in [0, 0.05) is 45.5 Å². The fraction of sp³-hybridized carbons (Fsp3) is 0.423. The zero-order chi connectivity index (χ0) is 27.1. The van der Waals surface area contributed by atoms with Crippen molar-refractivity contribution in [1.29, 1.82) is 0 Å². The molecule has 4 rings (SSSR count). The van der Waals surface area contributed by atoms with Gasteiger partial charge in [-0.3, -0.25) is 9.59 Å². The molecule has 1 fully saturated rings.